The maximum absolute atomic E-state index is 12.9. The molecular formula is C19H29N3O. The molecule has 4 nitrogen and oxygen atoms in total. The highest BCUT2D eigenvalue weighted by molar-refractivity contribution is 5.78. The van der Waals surface area contributed by atoms with E-state index in [1.807, 2.05) is 18.2 Å². The molecule has 2 fully saturated rings. The third-order valence-corrected chi connectivity index (χ3v) is 5.30. The largest absolute Gasteiger partial charge is 0.334 e. The van der Waals surface area contributed by atoms with Gasteiger partial charge in [0.05, 0.1) is 6.54 Å². The fourth-order valence-corrected chi connectivity index (χ4v) is 3.47. The molecule has 23 heavy (non-hydrogen) atoms. The molecule has 0 spiro atoms. The van der Waals surface area contributed by atoms with Gasteiger partial charge in [0.15, 0.2) is 0 Å². The molecule has 126 valence electrons. The number of carbonyl (C=O) groups excluding carboxylic acids is 1. The second kappa shape index (κ2) is 7.45. The highest BCUT2D eigenvalue weighted by Crippen LogP contribution is 2.35. The summed E-state index contributed by atoms with van der Waals surface area (Å²) in [6.07, 6.45) is 4.53. The zero-order valence-corrected chi connectivity index (χ0v) is 14.2. The van der Waals surface area contributed by atoms with Crippen LogP contribution in [0.4, 0.5) is 0 Å². The van der Waals surface area contributed by atoms with Gasteiger partial charge in [0, 0.05) is 31.7 Å². The first-order valence-corrected chi connectivity index (χ1v) is 8.95. The maximum Gasteiger partial charge on any atom is 0.237 e. The standard InChI is InChI=1S/C19H29N3O/c1-15(17-7-8-17)22(13-16-5-3-2-4-6-16)19(23)14-21-11-9-18(20)10-12-21/h2-6,15,17-18H,7-14,20H2,1H3. The van der Waals surface area contributed by atoms with Gasteiger partial charge < -0.3 is 10.6 Å². The van der Waals surface area contributed by atoms with Crippen LogP contribution in [0.5, 0.6) is 0 Å². The quantitative estimate of drug-likeness (QED) is 0.876. The van der Waals surface area contributed by atoms with Crippen LogP contribution in [0.1, 0.15) is 38.2 Å². The predicted octanol–water partition coefficient (Wildman–Crippen LogP) is 2.24. The number of rotatable bonds is 6. The zero-order valence-electron chi connectivity index (χ0n) is 14.2. The third-order valence-electron chi connectivity index (χ3n) is 5.30. The van der Waals surface area contributed by atoms with Gasteiger partial charge in [0.1, 0.15) is 0 Å². The van der Waals surface area contributed by atoms with Gasteiger partial charge in [-0.3, -0.25) is 9.69 Å². The van der Waals surface area contributed by atoms with Crippen molar-refractivity contribution in [1.82, 2.24) is 9.80 Å². The van der Waals surface area contributed by atoms with Crippen LogP contribution in [-0.4, -0.2) is 47.4 Å². The van der Waals surface area contributed by atoms with Crippen LogP contribution in [0, 0.1) is 5.92 Å². The van der Waals surface area contributed by atoms with Crippen LogP contribution in [0.15, 0.2) is 30.3 Å². The summed E-state index contributed by atoms with van der Waals surface area (Å²) in [5.41, 5.74) is 7.18. The Morgan fingerprint density at radius 3 is 2.48 bits per heavy atom. The van der Waals surface area contributed by atoms with Gasteiger partial charge in [-0.25, -0.2) is 0 Å². The Labute approximate surface area is 139 Å². The molecule has 3 rings (SSSR count). The van der Waals surface area contributed by atoms with Crippen molar-refractivity contribution < 1.29 is 4.79 Å². The van der Waals surface area contributed by atoms with Crippen molar-refractivity contribution in [3.8, 4) is 0 Å². The summed E-state index contributed by atoms with van der Waals surface area (Å²) >= 11 is 0. The van der Waals surface area contributed by atoms with Crippen molar-refractivity contribution in [3.63, 3.8) is 0 Å². The van der Waals surface area contributed by atoms with Crippen molar-refractivity contribution in [1.29, 1.82) is 0 Å². The van der Waals surface area contributed by atoms with E-state index in [0.29, 0.717) is 24.5 Å². The zero-order chi connectivity index (χ0) is 16.2. The fourth-order valence-electron chi connectivity index (χ4n) is 3.47. The molecule has 1 saturated heterocycles. The van der Waals surface area contributed by atoms with E-state index in [9.17, 15) is 4.79 Å². The Morgan fingerprint density at radius 2 is 1.87 bits per heavy atom. The Hall–Kier alpha value is -1.39. The van der Waals surface area contributed by atoms with Crippen molar-refractivity contribution in [2.45, 2.75) is 51.2 Å². The molecule has 4 heteroatoms. The van der Waals surface area contributed by atoms with E-state index in [2.05, 4.69) is 28.9 Å². The lowest BCUT2D eigenvalue weighted by atomic mass is 10.1. The number of nitrogens with two attached hydrogens (primary N) is 1. The minimum atomic E-state index is 0.267. The molecule has 0 radical (unpaired) electrons. The number of carbonyl (C=O) groups is 1. The molecule has 0 aromatic heterocycles. The van der Waals surface area contributed by atoms with E-state index in [0.717, 1.165) is 32.5 Å². The Kier molecular flexibility index (Phi) is 5.34. The summed E-state index contributed by atoms with van der Waals surface area (Å²) in [5, 5.41) is 0. The topological polar surface area (TPSA) is 49.6 Å². The lowest BCUT2D eigenvalue weighted by Crippen LogP contribution is -2.48. The molecule has 1 heterocycles. The van der Waals surface area contributed by atoms with Crippen LogP contribution < -0.4 is 5.73 Å². The van der Waals surface area contributed by atoms with Gasteiger partial charge in [-0.2, -0.15) is 0 Å². The summed E-state index contributed by atoms with van der Waals surface area (Å²) in [6, 6.07) is 11.0. The van der Waals surface area contributed by atoms with Crippen molar-refractivity contribution in [2.24, 2.45) is 11.7 Å². The van der Waals surface area contributed by atoms with Gasteiger partial charge in [-0.15, -0.1) is 0 Å². The number of nitrogens with zero attached hydrogens (tertiary/aromatic N) is 2. The summed E-state index contributed by atoms with van der Waals surface area (Å²) in [4.78, 5) is 17.3. The molecule has 1 unspecified atom stereocenters. The van der Waals surface area contributed by atoms with E-state index in [1.54, 1.807) is 0 Å². The SMILES string of the molecule is CC(C1CC1)N(Cc1ccccc1)C(=O)CN1CCC(N)CC1. The second-order valence-electron chi connectivity index (χ2n) is 7.20. The average molecular weight is 315 g/mol. The van der Waals surface area contributed by atoms with Crippen molar-refractivity contribution in [3.05, 3.63) is 35.9 Å². The summed E-state index contributed by atoms with van der Waals surface area (Å²) in [7, 11) is 0. The first-order valence-electron chi connectivity index (χ1n) is 8.95. The van der Waals surface area contributed by atoms with Gasteiger partial charge >= 0.3 is 0 Å². The van der Waals surface area contributed by atoms with E-state index < -0.39 is 0 Å². The number of likely N-dealkylation sites (tertiary alicyclic amines) is 1. The number of hydrogen-bond acceptors (Lipinski definition) is 3. The minimum absolute atomic E-state index is 0.267. The smallest absolute Gasteiger partial charge is 0.237 e. The Morgan fingerprint density at radius 1 is 1.22 bits per heavy atom. The summed E-state index contributed by atoms with van der Waals surface area (Å²) in [6.45, 7) is 5.37. The second-order valence-corrected chi connectivity index (χ2v) is 7.20. The highest BCUT2D eigenvalue weighted by Gasteiger charge is 2.34. The third kappa shape index (κ3) is 4.55. The first-order chi connectivity index (χ1) is 11.1. The van der Waals surface area contributed by atoms with Crippen LogP contribution in [0.2, 0.25) is 0 Å². The molecule has 2 aliphatic rings. The van der Waals surface area contributed by atoms with Crippen LogP contribution in [0.3, 0.4) is 0 Å². The summed E-state index contributed by atoms with van der Waals surface area (Å²) in [5.74, 6) is 0.959. The predicted molar refractivity (Wildman–Crippen MR) is 92.8 cm³/mol. The normalized spacial score (nSPS) is 21.1. The molecule has 1 amide bonds. The monoisotopic (exact) mass is 315 g/mol. The fraction of sp³-hybridized carbons (Fsp3) is 0.632. The molecule has 0 bridgehead atoms. The highest BCUT2D eigenvalue weighted by atomic mass is 16.2. The van der Waals surface area contributed by atoms with Crippen LogP contribution in [0.25, 0.3) is 0 Å². The lowest BCUT2D eigenvalue weighted by Gasteiger charge is -2.34. The van der Waals surface area contributed by atoms with Crippen molar-refractivity contribution >= 4 is 5.91 Å². The number of hydrogen-bond donors (Lipinski definition) is 1. The molecular weight excluding hydrogens is 286 g/mol. The van der Waals surface area contributed by atoms with Gasteiger partial charge in [0.2, 0.25) is 5.91 Å². The maximum atomic E-state index is 12.9. The van der Waals surface area contributed by atoms with E-state index in [4.69, 9.17) is 5.73 Å². The minimum Gasteiger partial charge on any atom is -0.334 e. The van der Waals surface area contributed by atoms with Gasteiger partial charge in [0.25, 0.3) is 0 Å². The molecule has 1 aliphatic carbocycles. The van der Waals surface area contributed by atoms with Gasteiger partial charge in [-0.05, 0) is 44.1 Å². The Bertz CT molecular complexity index is 507. The van der Waals surface area contributed by atoms with Gasteiger partial charge in [-0.1, -0.05) is 30.3 Å². The van der Waals surface area contributed by atoms with Crippen LogP contribution >= 0.6 is 0 Å². The van der Waals surface area contributed by atoms with Crippen molar-refractivity contribution in [2.75, 3.05) is 19.6 Å². The Balaban J connectivity index is 1.63. The first kappa shape index (κ1) is 16.5. The molecule has 1 aliphatic heterocycles. The van der Waals surface area contributed by atoms with E-state index >= 15 is 0 Å². The van der Waals surface area contributed by atoms with E-state index in [-0.39, 0.29) is 5.91 Å². The molecule has 1 aromatic carbocycles. The molecule has 1 aromatic rings. The molecule has 1 saturated carbocycles. The summed E-state index contributed by atoms with van der Waals surface area (Å²) < 4.78 is 0. The number of piperidine rings is 1. The average Bonchev–Trinajstić information content (AvgIpc) is 3.40. The molecule has 2 N–H and O–H groups in total. The van der Waals surface area contributed by atoms with E-state index in [1.165, 1.54) is 18.4 Å². The number of amides is 1. The lowest BCUT2D eigenvalue weighted by molar-refractivity contribution is -0.135. The number of benzene rings is 1. The molecule has 1 atom stereocenters. The van der Waals surface area contributed by atoms with Crippen LogP contribution in [-0.2, 0) is 11.3 Å².